The predicted molar refractivity (Wildman–Crippen MR) is 112 cm³/mol. The second kappa shape index (κ2) is 9.84. The van der Waals surface area contributed by atoms with Crippen molar-refractivity contribution in [3.8, 4) is 11.6 Å². The number of nitrogens with zero attached hydrogens (tertiary/aromatic N) is 5. The molecule has 0 unspecified atom stereocenters. The van der Waals surface area contributed by atoms with Gasteiger partial charge in [-0.2, -0.15) is 4.98 Å². The minimum Gasteiger partial charge on any atom is -0.439 e. The maximum Gasteiger partial charge on any atom is 0.236 e. The number of rotatable bonds is 5. The lowest BCUT2D eigenvalue weighted by molar-refractivity contribution is -0.132. The molecular formula is C22H28FN5O2. The van der Waals surface area contributed by atoms with E-state index in [0.717, 1.165) is 52.1 Å². The lowest BCUT2D eigenvalue weighted by atomic mass is 10.2. The van der Waals surface area contributed by atoms with Gasteiger partial charge < -0.3 is 14.5 Å². The van der Waals surface area contributed by atoms with Gasteiger partial charge in [-0.3, -0.25) is 9.69 Å². The van der Waals surface area contributed by atoms with Crippen molar-refractivity contribution in [1.29, 1.82) is 0 Å². The van der Waals surface area contributed by atoms with Crippen LogP contribution in [-0.2, 0) is 4.79 Å². The Balaban J connectivity index is 1.29. The zero-order valence-corrected chi connectivity index (χ0v) is 17.2. The topological polar surface area (TPSA) is 61.8 Å². The summed E-state index contributed by atoms with van der Waals surface area (Å²) >= 11 is 0. The fraction of sp³-hybridized carbons (Fsp3) is 0.500. The maximum atomic E-state index is 13.1. The van der Waals surface area contributed by atoms with Gasteiger partial charge in [-0.1, -0.05) is 12.8 Å². The number of likely N-dealkylation sites (tertiary alicyclic amines) is 1. The number of ether oxygens (including phenoxy) is 1. The van der Waals surface area contributed by atoms with E-state index in [2.05, 4.69) is 19.8 Å². The van der Waals surface area contributed by atoms with Crippen LogP contribution in [0.25, 0.3) is 0 Å². The van der Waals surface area contributed by atoms with Gasteiger partial charge in [0.05, 0.1) is 6.54 Å². The zero-order chi connectivity index (χ0) is 20.8. The highest BCUT2D eigenvalue weighted by Gasteiger charge is 2.23. The van der Waals surface area contributed by atoms with E-state index < -0.39 is 0 Å². The molecule has 3 heterocycles. The molecule has 2 aliphatic rings. The molecule has 0 atom stereocenters. The SMILES string of the molecule is O=C(CN1CCN(c2nccc(Oc3ccc(F)cc3)n2)CC1)N1CCCCCC1. The van der Waals surface area contributed by atoms with Crippen molar-refractivity contribution in [1.82, 2.24) is 19.8 Å². The quantitative estimate of drug-likeness (QED) is 0.751. The summed E-state index contributed by atoms with van der Waals surface area (Å²) in [6.45, 7) is 5.39. The zero-order valence-electron chi connectivity index (χ0n) is 17.2. The van der Waals surface area contributed by atoms with E-state index in [1.807, 2.05) is 4.90 Å². The smallest absolute Gasteiger partial charge is 0.236 e. The Morgan fingerprint density at radius 2 is 1.63 bits per heavy atom. The van der Waals surface area contributed by atoms with Crippen LogP contribution in [0.5, 0.6) is 11.6 Å². The normalized spacial score (nSPS) is 18.2. The first kappa shape index (κ1) is 20.5. The Bertz CT molecular complexity index is 832. The van der Waals surface area contributed by atoms with E-state index in [1.165, 1.54) is 25.0 Å². The molecule has 30 heavy (non-hydrogen) atoms. The molecule has 160 valence electrons. The molecule has 8 heteroatoms. The molecular weight excluding hydrogens is 385 g/mol. The standard InChI is InChI=1S/C22H28FN5O2/c23-18-5-7-19(8-6-18)30-20-9-10-24-22(25-20)28-15-13-26(14-16-28)17-21(29)27-11-3-1-2-4-12-27/h5-10H,1-4,11-17H2. The van der Waals surface area contributed by atoms with Crippen LogP contribution < -0.4 is 9.64 Å². The van der Waals surface area contributed by atoms with Crippen LogP contribution in [0.3, 0.4) is 0 Å². The van der Waals surface area contributed by atoms with Crippen LogP contribution in [0.4, 0.5) is 10.3 Å². The first-order valence-electron chi connectivity index (χ1n) is 10.7. The van der Waals surface area contributed by atoms with Crippen molar-refractivity contribution in [3.63, 3.8) is 0 Å². The van der Waals surface area contributed by atoms with Crippen molar-refractivity contribution < 1.29 is 13.9 Å². The number of hydrogen-bond acceptors (Lipinski definition) is 6. The summed E-state index contributed by atoms with van der Waals surface area (Å²) in [5, 5.41) is 0. The molecule has 0 aliphatic carbocycles. The van der Waals surface area contributed by atoms with Crippen molar-refractivity contribution in [3.05, 3.63) is 42.3 Å². The van der Waals surface area contributed by atoms with Gasteiger partial charge in [0, 0.05) is 51.5 Å². The molecule has 0 N–H and O–H groups in total. The van der Waals surface area contributed by atoms with Gasteiger partial charge in [0.25, 0.3) is 0 Å². The van der Waals surface area contributed by atoms with Crippen LogP contribution in [0.2, 0.25) is 0 Å². The fourth-order valence-electron chi connectivity index (χ4n) is 3.88. The molecule has 0 saturated carbocycles. The molecule has 0 bridgehead atoms. The van der Waals surface area contributed by atoms with Gasteiger partial charge >= 0.3 is 0 Å². The molecule has 2 aliphatic heterocycles. The molecule has 1 amide bonds. The van der Waals surface area contributed by atoms with Gasteiger partial charge in [-0.25, -0.2) is 9.37 Å². The van der Waals surface area contributed by atoms with Gasteiger partial charge in [0.1, 0.15) is 11.6 Å². The second-order valence-corrected chi connectivity index (χ2v) is 7.81. The number of amides is 1. The minimum absolute atomic E-state index is 0.247. The van der Waals surface area contributed by atoms with Gasteiger partial charge in [-0.15, -0.1) is 0 Å². The highest BCUT2D eigenvalue weighted by atomic mass is 19.1. The fourth-order valence-corrected chi connectivity index (χ4v) is 3.88. The number of carbonyl (C=O) groups excluding carboxylic acids is 1. The second-order valence-electron chi connectivity index (χ2n) is 7.81. The number of hydrogen-bond donors (Lipinski definition) is 0. The number of halogens is 1. The molecule has 1 aromatic carbocycles. The Morgan fingerprint density at radius 1 is 0.933 bits per heavy atom. The first-order valence-corrected chi connectivity index (χ1v) is 10.7. The third kappa shape index (κ3) is 5.44. The molecule has 4 rings (SSSR count). The summed E-state index contributed by atoms with van der Waals surface area (Å²) in [7, 11) is 0. The highest BCUT2D eigenvalue weighted by Crippen LogP contribution is 2.21. The molecule has 0 radical (unpaired) electrons. The third-order valence-electron chi connectivity index (χ3n) is 5.63. The maximum absolute atomic E-state index is 13.1. The molecule has 2 saturated heterocycles. The van der Waals surface area contributed by atoms with Crippen molar-refractivity contribution in [2.45, 2.75) is 25.7 Å². The first-order chi connectivity index (χ1) is 14.7. The Labute approximate surface area is 176 Å². The minimum atomic E-state index is -0.307. The Hall–Kier alpha value is -2.74. The molecule has 2 fully saturated rings. The number of benzene rings is 1. The summed E-state index contributed by atoms with van der Waals surface area (Å²) in [6, 6.07) is 7.52. The Morgan fingerprint density at radius 3 is 2.33 bits per heavy atom. The van der Waals surface area contributed by atoms with E-state index >= 15 is 0 Å². The molecule has 2 aromatic rings. The van der Waals surface area contributed by atoms with Gasteiger partial charge in [0.15, 0.2) is 0 Å². The molecule has 0 spiro atoms. The van der Waals surface area contributed by atoms with Crippen molar-refractivity contribution in [2.24, 2.45) is 0 Å². The van der Waals surface area contributed by atoms with Crippen LogP contribution in [0.1, 0.15) is 25.7 Å². The van der Waals surface area contributed by atoms with Crippen LogP contribution in [0.15, 0.2) is 36.5 Å². The van der Waals surface area contributed by atoms with E-state index in [0.29, 0.717) is 24.1 Å². The average Bonchev–Trinajstić information content (AvgIpc) is 3.06. The van der Waals surface area contributed by atoms with E-state index in [-0.39, 0.29) is 11.7 Å². The predicted octanol–water partition coefficient (Wildman–Crippen LogP) is 2.93. The average molecular weight is 413 g/mol. The van der Waals surface area contributed by atoms with E-state index in [1.54, 1.807) is 24.4 Å². The van der Waals surface area contributed by atoms with Crippen LogP contribution in [0, 0.1) is 5.82 Å². The van der Waals surface area contributed by atoms with Crippen molar-refractivity contribution >= 4 is 11.9 Å². The third-order valence-corrected chi connectivity index (χ3v) is 5.63. The van der Waals surface area contributed by atoms with Crippen LogP contribution in [-0.4, -0.2) is 71.5 Å². The largest absolute Gasteiger partial charge is 0.439 e. The number of anilines is 1. The van der Waals surface area contributed by atoms with Crippen LogP contribution >= 0.6 is 0 Å². The summed E-state index contributed by atoms with van der Waals surface area (Å²) in [5.74, 6) is 1.49. The number of aromatic nitrogens is 2. The number of carbonyl (C=O) groups is 1. The van der Waals surface area contributed by atoms with E-state index in [4.69, 9.17) is 4.74 Å². The lowest BCUT2D eigenvalue weighted by Crippen LogP contribution is -2.50. The summed E-state index contributed by atoms with van der Waals surface area (Å²) < 4.78 is 18.8. The van der Waals surface area contributed by atoms with Gasteiger partial charge in [0.2, 0.25) is 17.7 Å². The monoisotopic (exact) mass is 413 g/mol. The highest BCUT2D eigenvalue weighted by molar-refractivity contribution is 5.78. The molecule has 1 aromatic heterocycles. The lowest BCUT2D eigenvalue weighted by Gasteiger charge is -2.35. The summed E-state index contributed by atoms with van der Waals surface area (Å²) in [4.78, 5) is 27.8. The Kier molecular flexibility index (Phi) is 6.74. The summed E-state index contributed by atoms with van der Waals surface area (Å²) in [6.07, 6.45) is 6.36. The number of piperazine rings is 1. The molecule has 7 nitrogen and oxygen atoms in total. The summed E-state index contributed by atoms with van der Waals surface area (Å²) in [5.41, 5.74) is 0. The van der Waals surface area contributed by atoms with E-state index in [9.17, 15) is 9.18 Å². The van der Waals surface area contributed by atoms with Gasteiger partial charge in [-0.05, 0) is 37.1 Å². The van der Waals surface area contributed by atoms with Crippen molar-refractivity contribution in [2.75, 3.05) is 50.7 Å².